The lowest BCUT2D eigenvalue weighted by atomic mass is 10.4. The summed E-state index contributed by atoms with van der Waals surface area (Å²) in [6, 6.07) is 0. The first-order valence-electron chi connectivity index (χ1n) is 2.74. The van der Waals surface area contributed by atoms with Crippen LogP contribution in [0.3, 0.4) is 0 Å². The Labute approximate surface area is 67.8 Å². The molecular formula is C6H9BrO3. The van der Waals surface area contributed by atoms with Crippen LogP contribution in [0, 0.1) is 0 Å². The summed E-state index contributed by atoms with van der Waals surface area (Å²) in [6.07, 6.45) is 0.421. The summed E-state index contributed by atoms with van der Waals surface area (Å²) in [4.78, 5) is 10.4. The topological polar surface area (TPSA) is 46.5 Å². The lowest BCUT2D eigenvalue weighted by molar-refractivity contribution is -0.140. The molecule has 0 fully saturated rings. The number of alkyl halides is 1. The van der Waals surface area contributed by atoms with Crippen LogP contribution in [0.1, 0.15) is 0 Å². The van der Waals surface area contributed by atoms with Crippen molar-refractivity contribution in [2.45, 2.75) is 6.10 Å². The van der Waals surface area contributed by atoms with E-state index in [-0.39, 0.29) is 6.61 Å². The van der Waals surface area contributed by atoms with Gasteiger partial charge in [0, 0.05) is 11.4 Å². The number of hydrogen-bond acceptors (Lipinski definition) is 3. The average Bonchev–Trinajstić information content (AvgIpc) is 1.99. The van der Waals surface area contributed by atoms with Crippen molar-refractivity contribution >= 4 is 21.9 Å². The van der Waals surface area contributed by atoms with Gasteiger partial charge in [0.25, 0.3) is 0 Å². The summed E-state index contributed by atoms with van der Waals surface area (Å²) in [5.41, 5.74) is 0. The number of rotatable bonds is 4. The molecule has 0 heterocycles. The number of ether oxygens (including phenoxy) is 1. The van der Waals surface area contributed by atoms with E-state index in [0.717, 1.165) is 6.08 Å². The fourth-order valence-corrected chi connectivity index (χ4v) is 0.469. The van der Waals surface area contributed by atoms with Gasteiger partial charge >= 0.3 is 5.97 Å². The fourth-order valence-electron chi connectivity index (χ4n) is 0.282. The number of esters is 1. The maximum atomic E-state index is 10.4. The molecule has 58 valence electrons. The zero-order valence-electron chi connectivity index (χ0n) is 5.42. The van der Waals surface area contributed by atoms with Crippen molar-refractivity contribution in [1.82, 2.24) is 0 Å². The van der Waals surface area contributed by atoms with Gasteiger partial charge in [0.1, 0.15) is 6.61 Å². The molecule has 0 aromatic rings. The molecule has 0 spiro atoms. The van der Waals surface area contributed by atoms with Gasteiger partial charge in [-0.1, -0.05) is 22.5 Å². The largest absolute Gasteiger partial charge is 0.460 e. The molecule has 0 amide bonds. The second-order valence-corrected chi connectivity index (χ2v) is 2.29. The predicted octanol–water partition coefficient (Wildman–Crippen LogP) is 0.471. The van der Waals surface area contributed by atoms with Gasteiger partial charge in [-0.2, -0.15) is 0 Å². The van der Waals surface area contributed by atoms with Crippen molar-refractivity contribution in [2.24, 2.45) is 0 Å². The molecule has 0 rings (SSSR count). The van der Waals surface area contributed by atoms with Gasteiger partial charge < -0.3 is 9.84 Å². The standard InChI is InChI=1S/C6H9BrO3/c1-2-6(9)10-4-5(8)3-7/h2,5,8H,1,3-4H2/t5-/m1/s1. The zero-order valence-corrected chi connectivity index (χ0v) is 7.00. The first kappa shape index (κ1) is 9.65. The van der Waals surface area contributed by atoms with E-state index < -0.39 is 12.1 Å². The molecule has 1 N–H and O–H groups in total. The van der Waals surface area contributed by atoms with E-state index in [9.17, 15) is 4.79 Å². The van der Waals surface area contributed by atoms with Crippen LogP contribution >= 0.6 is 15.9 Å². The number of carbonyl (C=O) groups is 1. The van der Waals surface area contributed by atoms with Crippen molar-refractivity contribution in [3.8, 4) is 0 Å². The van der Waals surface area contributed by atoms with Crippen LogP contribution in [-0.2, 0) is 9.53 Å². The van der Waals surface area contributed by atoms with Crippen LogP contribution in [0.5, 0.6) is 0 Å². The van der Waals surface area contributed by atoms with Gasteiger partial charge in [-0.25, -0.2) is 4.79 Å². The molecule has 0 aromatic carbocycles. The third kappa shape index (κ3) is 4.52. The Hall–Kier alpha value is -0.350. The second-order valence-electron chi connectivity index (χ2n) is 1.64. The van der Waals surface area contributed by atoms with E-state index in [1.165, 1.54) is 0 Å². The van der Waals surface area contributed by atoms with Gasteiger partial charge in [-0.3, -0.25) is 0 Å². The van der Waals surface area contributed by atoms with Crippen molar-refractivity contribution < 1.29 is 14.6 Å². The van der Waals surface area contributed by atoms with Gasteiger partial charge in [-0.15, -0.1) is 0 Å². The molecule has 0 saturated carbocycles. The number of halogens is 1. The maximum absolute atomic E-state index is 10.4. The molecule has 0 bridgehead atoms. The highest BCUT2D eigenvalue weighted by molar-refractivity contribution is 9.09. The summed E-state index contributed by atoms with van der Waals surface area (Å²) >= 11 is 3.02. The van der Waals surface area contributed by atoms with Crippen LogP contribution in [0.4, 0.5) is 0 Å². The van der Waals surface area contributed by atoms with E-state index in [0.29, 0.717) is 5.33 Å². The molecule has 3 nitrogen and oxygen atoms in total. The lowest BCUT2D eigenvalue weighted by Gasteiger charge is -2.05. The first-order valence-corrected chi connectivity index (χ1v) is 3.86. The smallest absolute Gasteiger partial charge is 0.330 e. The highest BCUT2D eigenvalue weighted by Gasteiger charge is 2.03. The molecule has 0 unspecified atom stereocenters. The van der Waals surface area contributed by atoms with Crippen molar-refractivity contribution in [2.75, 3.05) is 11.9 Å². The highest BCUT2D eigenvalue weighted by Crippen LogP contribution is 1.91. The quantitative estimate of drug-likeness (QED) is 0.416. The molecule has 0 aliphatic carbocycles. The third-order valence-corrected chi connectivity index (χ3v) is 1.51. The molecule has 4 heteroatoms. The Morgan fingerprint density at radius 3 is 2.90 bits per heavy atom. The van der Waals surface area contributed by atoms with Crippen LogP contribution in [-0.4, -0.2) is 29.1 Å². The minimum atomic E-state index is -0.635. The van der Waals surface area contributed by atoms with Gasteiger partial charge in [0.05, 0.1) is 6.10 Å². The van der Waals surface area contributed by atoms with E-state index >= 15 is 0 Å². The minimum absolute atomic E-state index is 0.0100. The molecule has 10 heavy (non-hydrogen) atoms. The SMILES string of the molecule is C=CC(=O)OC[C@H](O)CBr. The molecule has 0 aliphatic heterocycles. The average molecular weight is 209 g/mol. The van der Waals surface area contributed by atoms with E-state index in [4.69, 9.17) is 5.11 Å². The van der Waals surface area contributed by atoms with Crippen LogP contribution in [0.15, 0.2) is 12.7 Å². The van der Waals surface area contributed by atoms with Gasteiger partial charge in [-0.05, 0) is 0 Å². The third-order valence-electron chi connectivity index (χ3n) is 0.763. The Bertz CT molecular complexity index is 124. The van der Waals surface area contributed by atoms with Gasteiger partial charge in [0.2, 0.25) is 0 Å². The zero-order chi connectivity index (χ0) is 7.98. The Morgan fingerprint density at radius 2 is 2.50 bits per heavy atom. The van der Waals surface area contributed by atoms with E-state index in [2.05, 4.69) is 27.2 Å². The van der Waals surface area contributed by atoms with E-state index in [1.807, 2.05) is 0 Å². The molecule has 0 aromatic heterocycles. The normalized spacial score (nSPS) is 12.2. The predicted molar refractivity (Wildman–Crippen MR) is 41.0 cm³/mol. The van der Waals surface area contributed by atoms with Crippen LogP contribution < -0.4 is 0 Å². The number of aliphatic hydroxyl groups is 1. The van der Waals surface area contributed by atoms with Crippen molar-refractivity contribution in [3.63, 3.8) is 0 Å². The maximum Gasteiger partial charge on any atom is 0.330 e. The summed E-state index contributed by atoms with van der Waals surface area (Å²) in [7, 11) is 0. The molecule has 0 radical (unpaired) electrons. The molecule has 0 saturated heterocycles. The summed E-state index contributed by atoms with van der Waals surface area (Å²) in [5, 5.41) is 9.24. The summed E-state index contributed by atoms with van der Waals surface area (Å²) in [5.74, 6) is -0.514. The summed E-state index contributed by atoms with van der Waals surface area (Å²) < 4.78 is 4.51. The summed E-state index contributed by atoms with van der Waals surface area (Å²) in [6.45, 7) is 3.21. The lowest BCUT2D eigenvalue weighted by Crippen LogP contribution is -2.18. The fraction of sp³-hybridized carbons (Fsp3) is 0.500. The Balaban J connectivity index is 3.34. The van der Waals surface area contributed by atoms with E-state index in [1.54, 1.807) is 0 Å². The number of carbonyl (C=O) groups excluding carboxylic acids is 1. The van der Waals surface area contributed by atoms with Crippen molar-refractivity contribution in [1.29, 1.82) is 0 Å². The Kier molecular flexibility index (Phi) is 5.25. The minimum Gasteiger partial charge on any atom is -0.460 e. The number of hydrogen-bond donors (Lipinski definition) is 1. The van der Waals surface area contributed by atoms with Crippen LogP contribution in [0.25, 0.3) is 0 Å². The Morgan fingerprint density at radius 1 is 1.90 bits per heavy atom. The molecule has 1 atom stereocenters. The van der Waals surface area contributed by atoms with Gasteiger partial charge in [0.15, 0.2) is 0 Å². The molecule has 0 aliphatic rings. The second kappa shape index (κ2) is 5.44. The number of aliphatic hydroxyl groups excluding tert-OH is 1. The highest BCUT2D eigenvalue weighted by atomic mass is 79.9. The monoisotopic (exact) mass is 208 g/mol. The van der Waals surface area contributed by atoms with Crippen molar-refractivity contribution in [3.05, 3.63) is 12.7 Å². The molecular weight excluding hydrogens is 200 g/mol. The first-order chi connectivity index (χ1) is 4.70. The van der Waals surface area contributed by atoms with Crippen LogP contribution in [0.2, 0.25) is 0 Å².